The van der Waals surface area contributed by atoms with Gasteiger partial charge < -0.3 is 5.73 Å². The molecule has 3 N–H and O–H groups in total. The van der Waals surface area contributed by atoms with Crippen LogP contribution in [0, 0.1) is 0 Å². The number of primary amides is 1. The third-order valence-electron chi connectivity index (χ3n) is 3.21. The van der Waals surface area contributed by atoms with Crippen LogP contribution in [0.2, 0.25) is 0 Å². The van der Waals surface area contributed by atoms with Gasteiger partial charge in [0, 0.05) is 29.7 Å². The lowest BCUT2D eigenvalue weighted by Gasteiger charge is -2.10. The van der Waals surface area contributed by atoms with Crippen molar-refractivity contribution >= 4 is 27.9 Å². The van der Waals surface area contributed by atoms with Crippen molar-refractivity contribution in [3.8, 4) is 0 Å². The molecule has 0 aliphatic heterocycles. The molecule has 1 aromatic carbocycles. The monoisotopic (exact) mass is 394 g/mol. The van der Waals surface area contributed by atoms with Gasteiger partial charge in [0.2, 0.25) is 5.91 Å². The van der Waals surface area contributed by atoms with Gasteiger partial charge in [-0.3, -0.25) is 24.0 Å². The molecule has 0 saturated heterocycles. The average molecular weight is 395 g/mol. The van der Waals surface area contributed by atoms with Crippen molar-refractivity contribution in [3.05, 3.63) is 67.4 Å². The zero-order valence-corrected chi connectivity index (χ0v) is 14.2. The van der Waals surface area contributed by atoms with Crippen molar-refractivity contribution in [2.24, 2.45) is 5.73 Å². The molecule has 9 heteroatoms. The first-order chi connectivity index (χ1) is 11.4. The van der Waals surface area contributed by atoms with Crippen LogP contribution in [0.3, 0.4) is 0 Å². The molecule has 8 nitrogen and oxygen atoms in total. The van der Waals surface area contributed by atoms with E-state index in [0.717, 1.165) is 14.6 Å². The number of carbonyl (C=O) groups is 2. The number of nitrogens with zero attached hydrogens (tertiary/aromatic N) is 2. The van der Waals surface area contributed by atoms with Crippen molar-refractivity contribution < 1.29 is 9.59 Å². The summed E-state index contributed by atoms with van der Waals surface area (Å²) < 4.78 is 3.19. The Morgan fingerprint density at radius 1 is 1.21 bits per heavy atom. The van der Waals surface area contributed by atoms with E-state index in [2.05, 4.69) is 15.9 Å². The lowest BCUT2D eigenvalue weighted by atomic mass is 10.2. The summed E-state index contributed by atoms with van der Waals surface area (Å²) in [6, 6.07) is 7.70. The van der Waals surface area contributed by atoms with Crippen LogP contribution in [0.15, 0.2) is 50.6 Å². The van der Waals surface area contributed by atoms with E-state index in [-0.39, 0.29) is 19.5 Å². The van der Waals surface area contributed by atoms with Crippen molar-refractivity contribution in [1.29, 1.82) is 0 Å². The van der Waals surface area contributed by atoms with E-state index in [9.17, 15) is 19.2 Å². The molecule has 1 aromatic heterocycles. The first-order valence-corrected chi connectivity index (χ1v) is 7.80. The summed E-state index contributed by atoms with van der Waals surface area (Å²) in [5.41, 5.74) is 4.66. The summed E-state index contributed by atoms with van der Waals surface area (Å²) in [7, 11) is 0. The number of hydrogen-bond donors (Lipinski definition) is 2. The Morgan fingerprint density at radius 2 is 1.96 bits per heavy atom. The van der Waals surface area contributed by atoms with Crippen LogP contribution in [0.25, 0.3) is 0 Å². The molecule has 0 aliphatic carbocycles. The second-order valence-electron chi connectivity index (χ2n) is 5.01. The summed E-state index contributed by atoms with van der Waals surface area (Å²) in [5, 5.41) is 1.88. The first-order valence-electron chi connectivity index (χ1n) is 7.01. The number of benzene rings is 1. The highest BCUT2D eigenvalue weighted by atomic mass is 79.9. The van der Waals surface area contributed by atoms with E-state index in [1.807, 2.05) is 29.6 Å². The first kappa shape index (κ1) is 17.7. The van der Waals surface area contributed by atoms with Gasteiger partial charge in [-0.05, 0) is 17.7 Å². The van der Waals surface area contributed by atoms with Crippen molar-refractivity contribution in [3.63, 3.8) is 0 Å². The minimum Gasteiger partial charge on any atom is -0.351 e. The largest absolute Gasteiger partial charge is 0.351 e. The van der Waals surface area contributed by atoms with Crippen LogP contribution in [0.1, 0.15) is 12.0 Å². The number of aromatic nitrogens is 2. The summed E-state index contributed by atoms with van der Waals surface area (Å²) in [5.74, 6) is -0.656. The van der Waals surface area contributed by atoms with Crippen LogP contribution in [0.4, 0.5) is 4.79 Å². The molecule has 3 amide bonds. The fraction of sp³-hybridized carbons (Fsp3) is 0.200. The molecule has 0 aliphatic rings. The maximum absolute atomic E-state index is 12.4. The Bertz CT molecular complexity index is 888. The minimum atomic E-state index is -0.979. The predicted octanol–water partition coefficient (Wildman–Crippen LogP) is 0.406. The Morgan fingerprint density at radius 3 is 2.62 bits per heavy atom. The number of hydrogen-bond acceptors (Lipinski definition) is 4. The lowest BCUT2D eigenvalue weighted by Crippen LogP contribution is -2.41. The smallest absolute Gasteiger partial charge is 0.331 e. The van der Waals surface area contributed by atoms with Crippen molar-refractivity contribution in [1.82, 2.24) is 14.5 Å². The minimum absolute atomic E-state index is 0.143. The third kappa shape index (κ3) is 4.66. The molecule has 0 unspecified atom stereocenters. The zero-order chi connectivity index (χ0) is 17.7. The van der Waals surface area contributed by atoms with Crippen molar-refractivity contribution in [2.45, 2.75) is 19.5 Å². The van der Waals surface area contributed by atoms with Gasteiger partial charge in [0.05, 0.1) is 6.54 Å². The summed E-state index contributed by atoms with van der Waals surface area (Å²) in [6.07, 6.45) is 1.20. The summed E-state index contributed by atoms with van der Waals surface area (Å²) in [6.45, 7) is 0.141. The SMILES string of the molecule is NC(=O)NC(=O)CCn1c(=O)ccn(Cc2cccc(Br)c2)c1=O. The number of amides is 3. The Balaban J connectivity index is 2.21. The molecule has 0 atom stereocenters. The van der Waals surface area contributed by atoms with Gasteiger partial charge in [0.25, 0.3) is 5.56 Å². The Kier molecular flexibility index (Phi) is 5.69. The molecule has 126 valence electrons. The van der Waals surface area contributed by atoms with E-state index < -0.39 is 23.2 Å². The highest BCUT2D eigenvalue weighted by molar-refractivity contribution is 9.10. The maximum Gasteiger partial charge on any atom is 0.331 e. The van der Waals surface area contributed by atoms with Crippen LogP contribution in [-0.2, 0) is 17.9 Å². The van der Waals surface area contributed by atoms with Gasteiger partial charge >= 0.3 is 11.7 Å². The molecule has 2 rings (SSSR count). The van der Waals surface area contributed by atoms with Gasteiger partial charge in [-0.1, -0.05) is 28.1 Å². The van der Waals surface area contributed by atoms with Gasteiger partial charge in [-0.15, -0.1) is 0 Å². The highest BCUT2D eigenvalue weighted by Gasteiger charge is 2.09. The van der Waals surface area contributed by atoms with E-state index in [0.29, 0.717) is 0 Å². The maximum atomic E-state index is 12.4. The fourth-order valence-corrected chi connectivity index (χ4v) is 2.57. The number of imide groups is 1. The molecule has 0 spiro atoms. The second-order valence-corrected chi connectivity index (χ2v) is 5.92. The van der Waals surface area contributed by atoms with Crippen LogP contribution < -0.4 is 22.3 Å². The van der Waals surface area contributed by atoms with Crippen LogP contribution in [0.5, 0.6) is 0 Å². The van der Waals surface area contributed by atoms with Gasteiger partial charge in [-0.2, -0.15) is 0 Å². The molecule has 0 fully saturated rings. The van der Waals surface area contributed by atoms with Gasteiger partial charge in [-0.25, -0.2) is 9.59 Å². The standard InChI is InChI=1S/C15H15BrN4O4/c16-11-3-1-2-10(8-11)9-19-6-5-13(22)20(15(19)24)7-4-12(21)18-14(17)23/h1-3,5-6,8H,4,7,9H2,(H3,17,18,21,23). The van der Waals surface area contributed by atoms with E-state index in [1.165, 1.54) is 16.8 Å². The molecule has 0 saturated carbocycles. The number of urea groups is 1. The fourth-order valence-electron chi connectivity index (χ4n) is 2.13. The molecule has 0 radical (unpaired) electrons. The summed E-state index contributed by atoms with van der Waals surface area (Å²) >= 11 is 3.36. The average Bonchev–Trinajstić information content (AvgIpc) is 2.49. The predicted molar refractivity (Wildman–Crippen MR) is 90.5 cm³/mol. The topological polar surface area (TPSA) is 116 Å². The highest BCUT2D eigenvalue weighted by Crippen LogP contribution is 2.11. The quantitative estimate of drug-likeness (QED) is 0.763. The molecular formula is C15H15BrN4O4. The molecule has 24 heavy (non-hydrogen) atoms. The van der Waals surface area contributed by atoms with Crippen molar-refractivity contribution in [2.75, 3.05) is 0 Å². The molecule has 0 bridgehead atoms. The number of halogens is 1. The Labute approximate surface area is 145 Å². The van der Waals surface area contributed by atoms with Crippen LogP contribution >= 0.6 is 15.9 Å². The third-order valence-corrected chi connectivity index (χ3v) is 3.70. The lowest BCUT2D eigenvalue weighted by molar-refractivity contribution is -0.120. The van der Waals surface area contributed by atoms with E-state index in [1.54, 1.807) is 0 Å². The number of nitrogens with two attached hydrogens (primary N) is 1. The number of rotatable bonds is 5. The zero-order valence-electron chi connectivity index (χ0n) is 12.6. The number of carbonyl (C=O) groups excluding carboxylic acids is 2. The summed E-state index contributed by atoms with van der Waals surface area (Å²) in [4.78, 5) is 46.3. The normalized spacial score (nSPS) is 10.4. The van der Waals surface area contributed by atoms with Crippen LogP contribution in [-0.4, -0.2) is 21.1 Å². The van der Waals surface area contributed by atoms with E-state index in [4.69, 9.17) is 5.73 Å². The molecular weight excluding hydrogens is 380 g/mol. The Hall–Kier alpha value is -2.68. The van der Waals surface area contributed by atoms with Gasteiger partial charge in [0.15, 0.2) is 0 Å². The number of nitrogens with one attached hydrogen (secondary N) is 1. The van der Waals surface area contributed by atoms with Gasteiger partial charge in [0.1, 0.15) is 0 Å². The second kappa shape index (κ2) is 7.73. The van der Waals surface area contributed by atoms with E-state index >= 15 is 0 Å². The molecule has 2 aromatic rings. The molecule has 1 heterocycles.